The van der Waals surface area contributed by atoms with E-state index in [4.69, 9.17) is 6.42 Å². The number of anilines is 2. The normalized spacial score (nSPS) is 13.1. The lowest BCUT2D eigenvalue weighted by Gasteiger charge is -2.18. The molecule has 20 heavy (non-hydrogen) atoms. The summed E-state index contributed by atoms with van der Waals surface area (Å²) in [5.41, 5.74) is 1.88. The second-order valence-corrected chi connectivity index (χ2v) is 4.57. The highest BCUT2D eigenvalue weighted by Crippen LogP contribution is 2.34. The van der Waals surface area contributed by atoms with E-state index in [1.807, 2.05) is 0 Å². The first-order chi connectivity index (χ1) is 9.61. The Bertz CT molecular complexity index is 590. The molecule has 2 rings (SSSR count). The van der Waals surface area contributed by atoms with Crippen LogP contribution in [0.3, 0.4) is 0 Å². The van der Waals surface area contributed by atoms with Gasteiger partial charge in [0, 0.05) is 25.5 Å². The van der Waals surface area contributed by atoms with E-state index < -0.39 is 4.92 Å². The Hall–Kier alpha value is -2.55. The molecule has 0 atom stereocenters. The number of rotatable bonds is 5. The van der Waals surface area contributed by atoms with Gasteiger partial charge in [-0.25, -0.2) is 0 Å². The monoisotopic (exact) mass is 273 g/mol. The van der Waals surface area contributed by atoms with Crippen molar-refractivity contribution in [3.63, 3.8) is 0 Å². The summed E-state index contributed by atoms with van der Waals surface area (Å²) in [6.07, 6.45) is 7.54. The summed E-state index contributed by atoms with van der Waals surface area (Å²) in [5, 5.41) is 16.8. The maximum atomic E-state index is 11.3. The lowest BCUT2D eigenvalue weighted by atomic mass is 10.0. The molecule has 0 spiro atoms. The summed E-state index contributed by atoms with van der Waals surface area (Å²) in [6, 6.07) is 3.15. The molecule has 6 nitrogen and oxygen atoms in total. The molecule has 0 radical (unpaired) electrons. The molecule has 6 heteroatoms. The fourth-order valence-corrected chi connectivity index (χ4v) is 2.12. The lowest BCUT2D eigenvalue weighted by molar-refractivity contribution is -0.383. The van der Waals surface area contributed by atoms with Crippen LogP contribution in [-0.2, 0) is 11.2 Å². The van der Waals surface area contributed by atoms with E-state index in [1.54, 1.807) is 6.07 Å². The van der Waals surface area contributed by atoms with Gasteiger partial charge in [0.25, 0.3) is 5.69 Å². The topological polar surface area (TPSA) is 84.3 Å². The van der Waals surface area contributed by atoms with Gasteiger partial charge in [0.15, 0.2) is 0 Å². The van der Waals surface area contributed by atoms with Crippen LogP contribution in [0, 0.1) is 22.5 Å². The van der Waals surface area contributed by atoms with Crippen LogP contribution in [0.2, 0.25) is 0 Å². The first-order valence-electron chi connectivity index (χ1n) is 6.40. The first kappa shape index (κ1) is 13.9. The number of benzene rings is 1. The summed E-state index contributed by atoms with van der Waals surface area (Å²) in [6.45, 7) is 0.580. The number of carbonyl (C=O) groups is 1. The highest BCUT2D eigenvalue weighted by atomic mass is 16.6. The summed E-state index contributed by atoms with van der Waals surface area (Å²) in [7, 11) is 0. The third-order valence-electron chi connectivity index (χ3n) is 3.13. The van der Waals surface area contributed by atoms with Crippen LogP contribution in [0.15, 0.2) is 12.1 Å². The molecule has 0 saturated carbocycles. The van der Waals surface area contributed by atoms with Crippen molar-refractivity contribution in [1.29, 1.82) is 0 Å². The second-order valence-electron chi connectivity index (χ2n) is 4.57. The van der Waals surface area contributed by atoms with Gasteiger partial charge >= 0.3 is 0 Å². The number of carbonyl (C=O) groups excluding carboxylic acids is 1. The number of nitrogens with zero attached hydrogens (tertiary/aromatic N) is 1. The predicted molar refractivity (Wildman–Crippen MR) is 76.6 cm³/mol. The van der Waals surface area contributed by atoms with Gasteiger partial charge in [-0.05, 0) is 24.5 Å². The number of terminal acetylenes is 1. The zero-order chi connectivity index (χ0) is 14.5. The van der Waals surface area contributed by atoms with E-state index in [2.05, 4.69) is 16.6 Å². The van der Waals surface area contributed by atoms with Crippen molar-refractivity contribution < 1.29 is 9.72 Å². The summed E-state index contributed by atoms with van der Waals surface area (Å²) in [5.74, 6) is 2.42. The molecule has 0 saturated heterocycles. The van der Waals surface area contributed by atoms with Crippen LogP contribution in [0.1, 0.15) is 24.8 Å². The number of hydrogen-bond donors (Lipinski definition) is 2. The molecule has 0 fully saturated rings. The highest BCUT2D eigenvalue weighted by Gasteiger charge is 2.22. The SMILES string of the molecule is C#CCCCNc1cc2c(cc1[N+](=O)[O-])NC(=O)CC2. The van der Waals surface area contributed by atoms with Gasteiger partial charge in [0.05, 0.1) is 10.6 Å². The first-order valence-corrected chi connectivity index (χ1v) is 6.40. The van der Waals surface area contributed by atoms with Crippen molar-refractivity contribution in [2.24, 2.45) is 0 Å². The minimum absolute atomic E-state index is 0.0355. The zero-order valence-electron chi connectivity index (χ0n) is 10.9. The fraction of sp³-hybridized carbons (Fsp3) is 0.357. The number of hydrogen-bond acceptors (Lipinski definition) is 4. The molecular formula is C14H15N3O3. The average molecular weight is 273 g/mol. The average Bonchev–Trinajstić information content (AvgIpc) is 2.42. The van der Waals surface area contributed by atoms with Gasteiger partial charge in [-0.1, -0.05) is 0 Å². The molecule has 1 aliphatic rings. The largest absolute Gasteiger partial charge is 0.379 e. The third-order valence-corrected chi connectivity index (χ3v) is 3.13. The molecule has 2 N–H and O–H groups in total. The smallest absolute Gasteiger partial charge is 0.294 e. The quantitative estimate of drug-likeness (QED) is 0.373. The van der Waals surface area contributed by atoms with Crippen LogP contribution in [0.5, 0.6) is 0 Å². The Morgan fingerprint density at radius 3 is 2.95 bits per heavy atom. The lowest BCUT2D eigenvalue weighted by Crippen LogP contribution is -2.19. The maximum absolute atomic E-state index is 11.3. The number of nitro groups is 1. The molecule has 0 unspecified atom stereocenters. The number of amides is 1. The Morgan fingerprint density at radius 1 is 1.45 bits per heavy atom. The van der Waals surface area contributed by atoms with E-state index in [1.165, 1.54) is 6.07 Å². The summed E-state index contributed by atoms with van der Waals surface area (Å²) < 4.78 is 0. The second kappa shape index (κ2) is 6.06. The molecule has 1 aromatic carbocycles. The van der Waals surface area contributed by atoms with Crippen molar-refractivity contribution >= 4 is 23.0 Å². The minimum atomic E-state index is -0.454. The van der Waals surface area contributed by atoms with E-state index >= 15 is 0 Å². The van der Waals surface area contributed by atoms with Gasteiger partial charge in [-0.2, -0.15) is 0 Å². The molecule has 1 aliphatic heterocycles. The minimum Gasteiger partial charge on any atom is -0.379 e. The summed E-state index contributed by atoms with van der Waals surface area (Å²) >= 11 is 0. The standard InChI is InChI=1S/C14H15N3O3/c1-2-3-4-7-15-12-8-10-5-6-14(18)16-11(10)9-13(12)17(19)20/h1,8-9,15H,3-7H2,(H,16,18). The van der Waals surface area contributed by atoms with E-state index in [0.29, 0.717) is 37.2 Å². The molecule has 0 aliphatic carbocycles. The molecule has 1 heterocycles. The van der Waals surface area contributed by atoms with E-state index in [0.717, 1.165) is 12.0 Å². The summed E-state index contributed by atoms with van der Waals surface area (Å²) in [4.78, 5) is 22.0. The van der Waals surface area contributed by atoms with Gasteiger partial charge in [-0.15, -0.1) is 12.3 Å². The third kappa shape index (κ3) is 3.06. The number of nitro benzene ring substituents is 1. The van der Waals surface area contributed by atoms with E-state index in [-0.39, 0.29) is 11.6 Å². The number of unbranched alkanes of at least 4 members (excludes halogenated alkanes) is 1. The predicted octanol–water partition coefficient (Wildman–Crippen LogP) is 2.30. The van der Waals surface area contributed by atoms with Crippen molar-refractivity contribution in [1.82, 2.24) is 0 Å². The van der Waals surface area contributed by atoms with E-state index in [9.17, 15) is 14.9 Å². The Balaban J connectivity index is 2.24. The van der Waals surface area contributed by atoms with Crippen LogP contribution in [0.4, 0.5) is 17.1 Å². The van der Waals surface area contributed by atoms with Crippen LogP contribution < -0.4 is 10.6 Å². The number of aryl methyl sites for hydroxylation is 1. The Morgan fingerprint density at radius 2 is 2.25 bits per heavy atom. The van der Waals surface area contributed by atoms with Crippen molar-refractivity contribution in [2.75, 3.05) is 17.2 Å². The maximum Gasteiger partial charge on any atom is 0.294 e. The molecule has 0 aromatic heterocycles. The van der Waals surface area contributed by atoms with Crippen LogP contribution in [0.25, 0.3) is 0 Å². The Labute approximate surface area is 116 Å². The van der Waals surface area contributed by atoms with Gasteiger partial charge in [0.2, 0.25) is 5.91 Å². The van der Waals surface area contributed by atoms with Crippen molar-refractivity contribution in [3.05, 3.63) is 27.8 Å². The highest BCUT2D eigenvalue weighted by molar-refractivity contribution is 5.95. The van der Waals surface area contributed by atoms with Crippen molar-refractivity contribution in [3.8, 4) is 12.3 Å². The molecular weight excluding hydrogens is 258 g/mol. The molecule has 1 aromatic rings. The molecule has 0 bridgehead atoms. The van der Waals surface area contributed by atoms with Crippen LogP contribution >= 0.6 is 0 Å². The van der Waals surface area contributed by atoms with Gasteiger partial charge in [-0.3, -0.25) is 14.9 Å². The number of nitrogens with one attached hydrogen (secondary N) is 2. The van der Waals surface area contributed by atoms with Crippen molar-refractivity contribution in [2.45, 2.75) is 25.7 Å². The van der Waals surface area contributed by atoms with Crippen LogP contribution in [-0.4, -0.2) is 17.4 Å². The Kier molecular flexibility index (Phi) is 4.20. The zero-order valence-corrected chi connectivity index (χ0v) is 10.9. The number of fused-ring (bicyclic) bond motifs is 1. The fourth-order valence-electron chi connectivity index (χ4n) is 2.12. The van der Waals surface area contributed by atoms with Gasteiger partial charge < -0.3 is 10.6 Å². The van der Waals surface area contributed by atoms with Gasteiger partial charge in [0.1, 0.15) is 5.69 Å². The molecule has 104 valence electrons. The molecule has 1 amide bonds.